The molecule has 0 spiro atoms. The Balaban J connectivity index is 1.97. The quantitative estimate of drug-likeness (QED) is 0.247. The van der Waals surface area contributed by atoms with Gasteiger partial charge in [-0.1, -0.05) is 0 Å². The van der Waals surface area contributed by atoms with E-state index in [1.807, 2.05) is 0 Å². The summed E-state index contributed by atoms with van der Waals surface area (Å²) in [5.41, 5.74) is 1.01. The van der Waals surface area contributed by atoms with Gasteiger partial charge in [0.2, 0.25) is 0 Å². The lowest BCUT2D eigenvalue weighted by molar-refractivity contribution is -0.0981. The lowest BCUT2D eigenvalue weighted by atomic mass is 10.0. The number of aliphatic hydroxyl groups is 4. The molecule has 0 aliphatic heterocycles. The van der Waals surface area contributed by atoms with Crippen molar-refractivity contribution in [1.29, 1.82) is 0 Å². The molecule has 190 valence electrons. The number of hydrogen-bond acceptors (Lipinski definition) is 11. The molecule has 0 fully saturated rings. The number of nitrogens with one attached hydrogen (secondary N) is 1. The largest absolute Gasteiger partial charge is 0.497 e. The van der Waals surface area contributed by atoms with E-state index in [9.17, 15) is 19.7 Å². The maximum Gasteiger partial charge on any atom is 0.164 e. The predicted octanol–water partition coefficient (Wildman–Crippen LogP) is 1.19. The van der Waals surface area contributed by atoms with Gasteiger partial charge in [-0.15, -0.1) is 0 Å². The number of methoxy groups -OCH3 is 3. The van der Waals surface area contributed by atoms with Crippen molar-refractivity contribution in [1.82, 2.24) is 9.97 Å². The van der Waals surface area contributed by atoms with Crippen LogP contribution in [-0.4, -0.2) is 89.4 Å². The van der Waals surface area contributed by atoms with Gasteiger partial charge in [-0.2, -0.15) is 0 Å². The Bertz CT molecular complexity index is 1140. The van der Waals surface area contributed by atoms with Crippen LogP contribution in [0.25, 0.3) is 10.9 Å². The van der Waals surface area contributed by atoms with Crippen LogP contribution < -0.4 is 24.3 Å². The minimum absolute atomic E-state index is 0.0771. The van der Waals surface area contributed by atoms with Crippen molar-refractivity contribution in [3.8, 4) is 23.0 Å². The number of halogens is 1. The minimum atomic E-state index is -2.11. The Morgan fingerprint density at radius 1 is 0.886 bits per heavy atom. The standard InChI is InChI=1S/C23H28FN3O8/c1-32-12-4-5-17(33-2)16(6-12)27-23-13-7-18(34-3)19(8-15(13)25-11-26-23)35-20(10-29)22(31)21(30)14(24)9-28/h4-8,11,14,20-22,28-31H,9-10H2,1-3H3,(H,25,26,27)/t14-,20-,21+,22+/m1/s1. The van der Waals surface area contributed by atoms with Gasteiger partial charge in [-0.05, 0) is 18.2 Å². The molecule has 35 heavy (non-hydrogen) atoms. The molecule has 0 amide bonds. The van der Waals surface area contributed by atoms with Crippen LogP contribution in [0.15, 0.2) is 36.7 Å². The van der Waals surface area contributed by atoms with E-state index < -0.39 is 37.7 Å². The molecule has 1 aromatic heterocycles. The van der Waals surface area contributed by atoms with Crippen LogP contribution in [0, 0.1) is 0 Å². The Kier molecular flexibility index (Phi) is 8.82. The summed E-state index contributed by atoms with van der Waals surface area (Å²) in [6.45, 7) is -1.75. The van der Waals surface area contributed by atoms with Crippen LogP contribution >= 0.6 is 0 Å². The molecule has 0 unspecified atom stereocenters. The zero-order chi connectivity index (χ0) is 25.5. The van der Waals surface area contributed by atoms with Crippen LogP contribution in [0.4, 0.5) is 15.9 Å². The first kappa shape index (κ1) is 26.2. The molecule has 5 N–H and O–H groups in total. The molecule has 1 heterocycles. The number of benzene rings is 2. The van der Waals surface area contributed by atoms with Crippen molar-refractivity contribution < 1.29 is 43.8 Å². The number of alkyl halides is 1. The number of hydrogen-bond donors (Lipinski definition) is 5. The number of nitrogens with zero attached hydrogens (tertiary/aromatic N) is 2. The summed E-state index contributed by atoms with van der Waals surface area (Å²) in [7, 11) is 4.47. The van der Waals surface area contributed by atoms with E-state index in [-0.39, 0.29) is 11.5 Å². The lowest BCUT2D eigenvalue weighted by Gasteiger charge is -2.28. The Labute approximate surface area is 200 Å². The number of fused-ring (bicyclic) bond motifs is 1. The highest BCUT2D eigenvalue weighted by molar-refractivity contribution is 5.93. The third kappa shape index (κ3) is 5.80. The summed E-state index contributed by atoms with van der Waals surface area (Å²) in [5, 5.41) is 42.4. The maximum atomic E-state index is 13.6. The Morgan fingerprint density at radius 2 is 1.63 bits per heavy atom. The predicted molar refractivity (Wildman–Crippen MR) is 124 cm³/mol. The summed E-state index contributed by atoms with van der Waals surface area (Å²) < 4.78 is 35.4. The van der Waals surface area contributed by atoms with Crippen molar-refractivity contribution in [3.63, 3.8) is 0 Å². The van der Waals surface area contributed by atoms with Gasteiger partial charge < -0.3 is 44.7 Å². The van der Waals surface area contributed by atoms with E-state index in [0.717, 1.165) is 0 Å². The third-order valence-corrected chi connectivity index (χ3v) is 5.31. The highest BCUT2D eigenvalue weighted by atomic mass is 19.1. The zero-order valence-electron chi connectivity index (χ0n) is 19.4. The number of ether oxygens (including phenoxy) is 4. The van der Waals surface area contributed by atoms with Gasteiger partial charge in [0.25, 0.3) is 0 Å². The van der Waals surface area contributed by atoms with Crippen molar-refractivity contribution in [3.05, 3.63) is 36.7 Å². The van der Waals surface area contributed by atoms with Crippen molar-refractivity contribution in [2.45, 2.75) is 24.5 Å². The van der Waals surface area contributed by atoms with Gasteiger partial charge in [0, 0.05) is 17.5 Å². The van der Waals surface area contributed by atoms with E-state index in [1.165, 1.54) is 26.6 Å². The van der Waals surface area contributed by atoms with Crippen molar-refractivity contribution in [2.24, 2.45) is 0 Å². The van der Waals surface area contributed by atoms with Gasteiger partial charge >= 0.3 is 0 Å². The third-order valence-electron chi connectivity index (χ3n) is 5.31. The van der Waals surface area contributed by atoms with Crippen molar-refractivity contribution in [2.75, 3.05) is 39.9 Å². The molecule has 0 saturated heterocycles. The van der Waals surface area contributed by atoms with Gasteiger partial charge in [-0.3, -0.25) is 0 Å². The lowest BCUT2D eigenvalue weighted by Crippen LogP contribution is -2.48. The minimum Gasteiger partial charge on any atom is -0.497 e. The van der Waals surface area contributed by atoms with Gasteiger partial charge in [-0.25, -0.2) is 14.4 Å². The Hall–Kier alpha value is -3.45. The molecule has 3 rings (SSSR count). The second-order valence-corrected chi connectivity index (χ2v) is 7.45. The number of anilines is 2. The van der Waals surface area contributed by atoms with Gasteiger partial charge in [0.15, 0.2) is 23.8 Å². The second-order valence-electron chi connectivity index (χ2n) is 7.45. The topological polar surface area (TPSA) is 156 Å². The first-order chi connectivity index (χ1) is 16.9. The molecule has 12 heteroatoms. The average Bonchev–Trinajstić information content (AvgIpc) is 2.89. The molecule has 0 radical (unpaired) electrons. The molecule has 0 aliphatic carbocycles. The molecule has 11 nitrogen and oxygen atoms in total. The van der Waals surface area contributed by atoms with Crippen LogP contribution in [0.3, 0.4) is 0 Å². The monoisotopic (exact) mass is 493 g/mol. The molecule has 2 aromatic carbocycles. The molecule has 4 atom stereocenters. The van der Waals surface area contributed by atoms with E-state index in [1.54, 1.807) is 31.4 Å². The Morgan fingerprint density at radius 3 is 2.26 bits per heavy atom. The highest BCUT2D eigenvalue weighted by Gasteiger charge is 2.34. The first-order valence-electron chi connectivity index (χ1n) is 10.6. The number of aromatic nitrogens is 2. The van der Waals surface area contributed by atoms with Gasteiger partial charge in [0.1, 0.15) is 35.9 Å². The zero-order valence-corrected chi connectivity index (χ0v) is 19.4. The molecular weight excluding hydrogens is 465 g/mol. The molecule has 3 aromatic rings. The van der Waals surface area contributed by atoms with Crippen molar-refractivity contribution >= 4 is 22.4 Å². The molecule has 0 bridgehead atoms. The summed E-state index contributed by atoms with van der Waals surface area (Å²) in [6.07, 6.45) is -6.01. The van der Waals surface area contributed by atoms with Crippen LogP contribution in [-0.2, 0) is 0 Å². The molecule has 0 saturated carbocycles. The number of aliphatic hydroxyl groups excluding tert-OH is 4. The fourth-order valence-electron chi connectivity index (χ4n) is 3.37. The van der Waals surface area contributed by atoms with E-state index >= 15 is 0 Å². The van der Waals surface area contributed by atoms with E-state index in [4.69, 9.17) is 24.1 Å². The van der Waals surface area contributed by atoms with Crippen LogP contribution in [0.5, 0.6) is 23.0 Å². The summed E-state index contributed by atoms with van der Waals surface area (Å²) in [4.78, 5) is 8.54. The normalized spacial score (nSPS) is 14.6. The maximum absolute atomic E-state index is 13.6. The molecule has 0 aliphatic rings. The van der Waals surface area contributed by atoms with E-state index in [0.29, 0.717) is 33.9 Å². The second kappa shape index (κ2) is 11.8. The summed E-state index contributed by atoms with van der Waals surface area (Å²) >= 11 is 0. The van der Waals surface area contributed by atoms with Crippen LogP contribution in [0.1, 0.15) is 0 Å². The average molecular weight is 493 g/mol. The molecular formula is C23H28FN3O8. The summed E-state index contributed by atoms with van der Waals surface area (Å²) in [5.74, 6) is 1.86. The fraction of sp³-hybridized carbons (Fsp3) is 0.391. The fourth-order valence-corrected chi connectivity index (χ4v) is 3.37. The SMILES string of the molecule is COc1ccc(OC)c(Nc2ncnc3cc(O[C@H](CO)[C@H](O)[C@@H](O)[C@H](F)CO)c(OC)cc23)c1. The number of rotatable bonds is 12. The highest BCUT2D eigenvalue weighted by Crippen LogP contribution is 2.37. The van der Waals surface area contributed by atoms with Gasteiger partial charge in [0.05, 0.1) is 45.7 Å². The summed E-state index contributed by atoms with van der Waals surface area (Å²) in [6, 6.07) is 8.31. The van der Waals surface area contributed by atoms with Crippen LogP contribution in [0.2, 0.25) is 0 Å². The first-order valence-corrected chi connectivity index (χ1v) is 10.6. The smallest absolute Gasteiger partial charge is 0.164 e. The van der Waals surface area contributed by atoms with E-state index in [2.05, 4.69) is 15.3 Å².